The van der Waals surface area contributed by atoms with E-state index in [1.807, 2.05) is 6.92 Å². The second kappa shape index (κ2) is 5.80. The van der Waals surface area contributed by atoms with Gasteiger partial charge < -0.3 is 9.64 Å². The second-order valence-electron chi connectivity index (χ2n) is 4.88. The van der Waals surface area contributed by atoms with Gasteiger partial charge in [-0.1, -0.05) is 0 Å². The van der Waals surface area contributed by atoms with Crippen LogP contribution in [0, 0.1) is 0 Å². The van der Waals surface area contributed by atoms with E-state index in [1.165, 1.54) is 6.07 Å². The van der Waals surface area contributed by atoms with Crippen molar-refractivity contribution in [2.45, 2.75) is 36.1 Å². The lowest BCUT2D eigenvalue weighted by atomic mass is 10.1. The largest absolute Gasteiger partial charge is 0.376 e. The number of thiophene rings is 1. The lowest BCUT2D eigenvalue weighted by Gasteiger charge is -2.26. The molecule has 1 aliphatic rings. The van der Waals surface area contributed by atoms with Crippen molar-refractivity contribution >= 4 is 27.3 Å². The number of ether oxygens (including phenoxy) is 1. The van der Waals surface area contributed by atoms with Gasteiger partial charge in [-0.25, -0.2) is 13.6 Å². The molecule has 1 fully saturated rings. The van der Waals surface area contributed by atoms with Crippen molar-refractivity contribution < 1.29 is 17.9 Å². The first-order valence-electron chi connectivity index (χ1n) is 6.28. The van der Waals surface area contributed by atoms with Crippen molar-refractivity contribution in [1.29, 1.82) is 0 Å². The molecule has 0 aliphatic carbocycles. The van der Waals surface area contributed by atoms with E-state index < -0.39 is 10.0 Å². The summed E-state index contributed by atoms with van der Waals surface area (Å²) in [6.07, 6.45) is 1.04. The number of nitrogens with two attached hydrogens (primary N) is 1. The Bertz CT molecular complexity index is 596. The van der Waals surface area contributed by atoms with E-state index in [-0.39, 0.29) is 28.7 Å². The third kappa shape index (κ3) is 3.38. The SMILES string of the molecule is CC1OCCC1N(C)C(=O)Cc1ccc(S(N)(=O)=O)s1. The van der Waals surface area contributed by atoms with Crippen LogP contribution in [0.3, 0.4) is 0 Å². The summed E-state index contributed by atoms with van der Waals surface area (Å²) in [5.74, 6) is -0.0461. The lowest BCUT2D eigenvalue weighted by molar-refractivity contribution is -0.132. The molecule has 2 heterocycles. The third-order valence-corrected chi connectivity index (χ3v) is 5.99. The Labute approximate surface area is 122 Å². The number of carbonyl (C=O) groups is 1. The van der Waals surface area contributed by atoms with Gasteiger partial charge in [-0.2, -0.15) is 0 Å². The lowest BCUT2D eigenvalue weighted by Crippen LogP contribution is -2.41. The summed E-state index contributed by atoms with van der Waals surface area (Å²) in [5, 5.41) is 5.05. The molecule has 6 nitrogen and oxygen atoms in total. The zero-order valence-corrected chi connectivity index (χ0v) is 13.0. The number of amides is 1. The number of hydrogen-bond donors (Lipinski definition) is 1. The number of rotatable bonds is 4. The fourth-order valence-electron chi connectivity index (χ4n) is 2.29. The van der Waals surface area contributed by atoms with E-state index in [1.54, 1.807) is 18.0 Å². The van der Waals surface area contributed by atoms with E-state index in [2.05, 4.69) is 0 Å². The minimum atomic E-state index is -3.69. The Morgan fingerprint density at radius 2 is 2.25 bits per heavy atom. The van der Waals surface area contributed by atoms with Crippen LogP contribution in [0.4, 0.5) is 0 Å². The molecule has 0 aromatic carbocycles. The molecule has 1 aliphatic heterocycles. The summed E-state index contributed by atoms with van der Waals surface area (Å²) >= 11 is 1.04. The normalized spacial score (nSPS) is 22.9. The van der Waals surface area contributed by atoms with Gasteiger partial charge >= 0.3 is 0 Å². The Hall–Kier alpha value is -0.960. The smallest absolute Gasteiger partial charge is 0.247 e. The maximum absolute atomic E-state index is 12.2. The van der Waals surface area contributed by atoms with E-state index in [9.17, 15) is 13.2 Å². The average molecular weight is 318 g/mol. The van der Waals surface area contributed by atoms with Crippen LogP contribution in [-0.2, 0) is 26.0 Å². The minimum Gasteiger partial charge on any atom is -0.376 e. The molecule has 1 aromatic rings. The molecule has 2 rings (SSSR count). The molecule has 2 N–H and O–H groups in total. The predicted octanol–water partition coefficient (Wildman–Crippen LogP) is 0.574. The number of sulfonamides is 1. The summed E-state index contributed by atoms with van der Waals surface area (Å²) in [6.45, 7) is 2.61. The number of likely N-dealkylation sites (N-methyl/N-ethyl adjacent to an activating group) is 1. The van der Waals surface area contributed by atoms with Crippen LogP contribution in [0.2, 0.25) is 0 Å². The number of nitrogens with zero attached hydrogens (tertiary/aromatic N) is 1. The minimum absolute atomic E-state index is 0.0345. The summed E-state index contributed by atoms with van der Waals surface area (Å²) in [4.78, 5) is 14.6. The van der Waals surface area contributed by atoms with Crippen LogP contribution in [0.15, 0.2) is 16.3 Å². The van der Waals surface area contributed by atoms with E-state index in [0.29, 0.717) is 11.5 Å². The highest BCUT2D eigenvalue weighted by atomic mass is 32.2. The van der Waals surface area contributed by atoms with Crippen LogP contribution in [0.5, 0.6) is 0 Å². The van der Waals surface area contributed by atoms with Gasteiger partial charge in [0.15, 0.2) is 0 Å². The van der Waals surface area contributed by atoms with Crippen molar-refractivity contribution in [3.63, 3.8) is 0 Å². The summed E-state index contributed by atoms with van der Waals surface area (Å²) in [7, 11) is -1.93. The molecule has 0 spiro atoms. The molecule has 0 saturated carbocycles. The first-order chi connectivity index (χ1) is 9.29. The number of hydrogen-bond acceptors (Lipinski definition) is 5. The first-order valence-corrected chi connectivity index (χ1v) is 8.64. The van der Waals surface area contributed by atoms with Crippen LogP contribution >= 0.6 is 11.3 Å². The molecule has 1 saturated heterocycles. The van der Waals surface area contributed by atoms with Gasteiger partial charge in [0.25, 0.3) is 0 Å². The molecule has 1 amide bonds. The second-order valence-corrected chi connectivity index (χ2v) is 7.84. The molecule has 8 heteroatoms. The van der Waals surface area contributed by atoms with Crippen LogP contribution in [-0.4, -0.2) is 45.0 Å². The fraction of sp³-hybridized carbons (Fsp3) is 0.583. The van der Waals surface area contributed by atoms with Gasteiger partial charge in [0.1, 0.15) is 4.21 Å². The maximum atomic E-state index is 12.2. The predicted molar refractivity (Wildman–Crippen MR) is 76.0 cm³/mol. The van der Waals surface area contributed by atoms with Gasteiger partial charge in [0.05, 0.1) is 18.6 Å². The monoisotopic (exact) mass is 318 g/mol. The molecular weight excluding hydrogens is 300 g/mol. The topological polar surface area (TPSA) is 89.7 Å². The Balaban J connectivity index is 2.02. The standard InChI is InChI=1S/C12H18N2O4S2/c1-8-10(5-6-18-8)14(2)11(15)7-9-3-4-12(19-9)20(13,16)17/h3-4,8,10H,5-7H2,1-2H3,(H2,13,16,17). The van der Waals surface area contributed by atoms with E-state index >= 15 is 0 Å². The Morgan fingerprint density at radius 1 is 1.55 bits per heavy atom. The van der Waals surface area contributed by atoms with Crippen LogP contribution < -0.4 is 5.14 Å². The zero-order valence-electron chi connectivity index (χ0n) is 11.4. The van der Waals surface area contributed by atoms with Crippen molar-refractivity contribution in [3.05, 3.63) is 17.0 Å². The first kappa shape index (κ1) is 15.4. The van der Waals surface area contributed by atoms with Crippen LogP contribution in [0.25, 0.3) is 0 Å². The van der Waals surface area contributed by atoms with Gasteiger partial charge in [0.2, 0.25) is 15.9 Å². The highest BCUT2D eigenvalue weighted by Crippen LogP contribution is 2.23. The van der Waals surface area contributed by atoms with Crippen molar-refractivity contribution in [2.75, 3.05) is 13.7 Å². The van der Waals surface area contributed by atoms with Gasteiger partial charge in [0, 0.05) is 18.5 Å². The highest BCUT2D eigenvalue weighted by Gasteiger charge is 2.30. The van der Waals surface area contributed by atoms with Crippen LogP contribution in [0.1, 0.15) is 18.2 Å². The summed E-state index contributed by atoms with van der Waals surface area (Å²) < 4.78 is 27.9. The van der Waals surface area contributed by atoms with Crippen molar-refractivity contribution in [2.24, 2.45) is 5.14 Å². The van der Waals surface area contributed by atoms with Gasteiger partial charge in [-0.05, 0) is 25.5 Å². The van der Waals surface area contributed by atoms with E-state index in [4.69, 9.17) is 9.88 Å². The molecule has 0 bridgehead atoms. The Morgan fingerprint density at radius 3 is 2.75 bits per heavy atom. The molecule has 20 heavy (non-hydrogen) atoms. The molecule has 2 unspecified atom stereocenters. The summed E-state index contributed by atoms with van der Waals surface area (Å²) in [6, 6.07) is 3.15. The zero-order chi connectivity index (χ0) is 14.9. The Kier molecular flexibility index (Phi) is 4.48. The third-order valence-electron chi connectivity index (χ3n) is 3.47. The number of carbonyl (C=O) groups excluding carboxylic acids is 1. The molecule has 0 radical (unpaired) electrons. The highest BCUT2D eigenvalue weighted by molar-refractivity contribution is 7.91. The molecule has 1 aromatic heterocycles. The van der Waals surface area contributed by atoms with Gasteiger partial charge in [-0.3, -0.25) is 4.79 Å². The molecular formula is C12H18N2O4S2. The summed E-state index contributed by atoms with van der Waals surface area (Å²) in [5.41, 5.74) is 0. The van der Waals surface area contributed by atoms with Crippen molar-refractivity contribution in [3.8, 4) is 0 Å². The fourth-order valence-corrected chi connectivity index (χ4v) is 4.06. The average Bonchev–Trinajstić information content (AvgIpc) is 2.96. The van der Waals surface area contributed by atoms with Gasteiger partial charge in [-0.15, -0.1) is 11.3 Å². The molecule has 2 atom stereocenters. The number of primary sulfonamides is 1. The van der Waals surface area contributed by atoms with E-state index in [0.717, 1.165) is 17.8 Å². The van der Waals surface area contributed by atoms with Crippen molar-refractivity contribution in [1.82, 2.24) is 4.90 Å². The maximum Gasteiger partial charge on any atom is 0.247 e. The molecule has 112 valence electrons. The quantitative estimate of drug-likeness (QED) is 0.879.